The van der Waals surface area contributed by atoms with Crippen LogP contribution in [0.25, 0.3) is 6.08 Å². The summed E-state index contributed by atoms with van der Waals surface area (Å²) in [5, 5.41) is 4.30. The van der Waals surface area contributed by atoms with Crippen LogP contribution >= 0.6 is 34.5 Å². The Hall–Kier alpha value is -1.82. The molecular weight excluding hydrogens is 417 g/mol. The molecule has 0 atom stereocenters. The molecule has 1 aromatic carbocycles. The number of fused-ring (bicyclic) bond motifs is 1. The summed E-state index contributed by atoms with van der Waals surface area (Å²) in [5.41, 5.74) is 2.08. The fourth-order valence-corrected chi connectivity index (χ4v) is 4.93. The number of carbonyl (C=O) groups is 2. The van der Waals surface area contributed by atoms with E-state index in [9.17, 15) is 9.59 Å². The number of hydrogen-bond donors (Lipinski definition) is 1. The Bertz CT molecular complexity index is 914. The van der Waals surface area contributed by atoms with Crippen LogP contribution in [0.15, 0.2) is 24.3 Å². The number of benzene rings is 1. The van der Waals surface area contributed by atoms with Crippen molar-refractivity contribution >= 4 is 57.5 Å². The second kappa shape index (κ2) is 9.12. The summed E-state index contributed by atoms with van der Waals surface area (Å²) >= 11 is 13.7. The number of carbonyl (C=O) groups excluding carboxylic acids is 2. The maximum atomic E-state index is 12.6. The molecule has 7 heteroatoms. The van der Waals surface area contributed by atoms with Gasteiger partial charge in [-0.2, -0.15) is 0 Å². The van der Waals surface area contributed by atoms with Crippen molar-refractivity contribution < 1.29 is 14.3 Å². The number of anilines is 1. The van der Waals surface area contributed by atoms with Gasteiger partial charge < -0.3 is 10.1 Å². The van der Waals surface area contributed by atoms with E-state index >= 15 is 0 Å². The molecule has 0 fully saturated rings. The summed E-state index contributed by atoms with van der Waals surface area (Å²) in [5.74, 6) is -0.740. The van der Waals surface area contributed by atoms with Crippen LogP contribution in [0.5, 0.6) is 0 Å². The van der Waals surface area contributed by atoms with Crippen LogP contribution in [0, 0.1) is 0 Å². The second-order valence-electron chi connectivity index (χ2n) is 6.83. The Labute approximate surface area is 178 Å². The van der Waals surface area contributed by atoms with Gasteiger partial charge in [-0.1, -0.05) is 29.3 Å². The van der Waals surface area contributed by atoms with Gasteiger partial charge in [0.25, 0.3) is 0 Å². The molecule has 0 aliphatic heterocycles. The van der Waals surface area contributed by atoms with E-state index in [1.54, 1.807) is 24.3 Å². The normalized spacial score (nSPS) is 13.6. The lowest BCUT2D eigenvalue weighted by atomic mass is 9.95. The van der Waals surface area contributed by atoms with Crippen LogP contribution in [0.4, 0.5) is 5.00 Å². The van der Waals surface area contributed by atoms with E-state index in [4.69, 9.17) is 27.9 Å². The van der Waals surface area contributed by atoms with Crippen molar-refractivity contribution in [3.63, 3.8) is 0 Å². The molecule has 1 N–H and O–H groups in total. The van der Waals surface area contributed by atoms with Gasteiger partial charge in [0.15, 0.2) is 0 Å². The van der Waals surface area contributed by atoms with Crippen LogP contribution in [0.2, 0.25) is 10.0 Å². The van der Waals surface area contributed by atoms with Crippen LogP contribution in [-0.4, -0.2) is 18.0 Å². The maximum absolute atomic E-state index is 12.6. The third-order valence-electron chi connectivity index (χ3n) is 4.36. The molecule has 0 unspecified atom stereocenters. The largest absolute Gasteiger partial charge is 0.459 e. The van der Waals surface area contributed by atoms with Gasteiger partial charge in [-0.25, -0.2) is 4.79 Å². The molecule has 1 aliphatic carbocycles. The van der Waals surface area contributed by atoms with Crippen LogP contribution in [-0.2, 0) is 22.4 Å². The molecule has 1 heterocycles. The highest BCUT2D eigenvalue weighted by Gasteiger charge is 2.27. The number of thiophene rings is 1. The van der Waals surface area contributed by atoms with Crippen molar-refractivity contribution in [1.82, 2.24) is 0 Å². The summed E-state index contributed by atoms with van der Waals surface area (Å²) in [6.45, 7) is 3.62. The first-order valence-corrected chi connectivity index (χ1v) is 10.7. The van der Waals surface area contributed by atoms with E-state index in [1.165, 1.54) is 17.4 Å². The van der Waals surface area contributed by atoms with Crippen LogP contribution in [0.1, 0.15) is 53.1 Å². The number of hydrogen-bond acceptors (Lipinski definition) is 4. The lowest BCUT2D eigenvalue weighted by Gasteiger charge is -2.14. The van der Waals surface area contributed by atoms with Crippen molar-refractivity contribution in [2.24, 2.45) is 0 Å². The Morgan fingerprint density at radius 1 is 1.18 bits per heavy atom. The molecule has 3 rings (SSSR count). The van der Waals surface area contributed by atoms with E-state index in [1.807, 2.05) is 13.8 Å². The van der Waals surface area contributed by atoms with Gasteiger partial charge in [0.2, 0.25) is 5.91 Å². The lowest BCUT2D eigenvalue weighted by molar-refractivity contribution is -0.111. The molecule has 1 aliphatic rings. The van der Waals surface area contributed by atoms with Gasteiger partial charge in [0.05, 0.1) is 11.7 Å². The lowest BCUT2D eigenvalue weighted by Crippen LogP contribution is -2.17. The Morgan fingerprint density at radius 3 is 2.54 bits per heavy atom. The minimum absolute atomic E-state index is 0.225. The van der Waals surface area contributed by atoms with Gasteiger partial charge in [0.1, 0.15) is 5.00 Å². The molecule has 1 amide bonds. The third kappa shape index (κ3) is 4.77. The number of amides is 1. The van der Waals surface area contributed by atoms with E-state index in [0.717, 1.165) is 36.1 Å². The topological polar surface area (TPSA) is 55.4 Å². The predicted octanol–water partition coefficient (Wildman–Crippen LogP) is 6.15. The summed E-state index contributed by atoms with van der Waals surface area (Å²) < 4.78 is 5.41. The first-order valence-electron chi connectivity index (χ1n) is 9.15. The number of nitrogens with one attached hydrogen (secondary N) is 1. The first-order chi connectivity index (χ1) is 13.4. The zero-order valence-electron chi connectivity index (χ0n) is 15.7. The van der Waals surface area contributed by atoms with Gasteiger partial charge in [-0.05, 0) is 63.3 Å². The molecule has 4 nitrogen and oxygen atoms in total. The molecule has 1 aromatic heterocycles. The summed E-state index contributed by atoms with van der Waals surface area (Å²) in [6.07, 6.45) is 6.58. The van der Waals surface area contributed by atoms with E-state index < -0.39 is 0 Å². The quantitative estimate of drug-likeness (QED) is 0.450. The minimum atomic E-state index is -0.386. The average Bonchev–Trinajstić information content (AvgIpc) is 2.98. The van der Waals surface area contributed by atoms with Crippen molar-refractivity contribution in [1.29, 1.82) is 0 Å². The first kappa shape index (κ1) is 20.9. The zero-order chi connectivity index (χ0) is 20.3. The fraction of sp³-hybridized carbons (Fsp3) is 0.333. The molecule has 0 saturated carbocycles. The molecule has 28 heavy (non-hydrogen) atoms. The van der Waals surface area contributed by atoms with Crippen molar-refractivity contribution in [2.75, 3.05) is 5.32 Å². The number of halogens is 2. The van der Waals surface area contributed by atoms with E-state index in [-0.39, 0.29) is 18.0 Å². The zero-order valence-corrected chi connectivity index (χ0v) is 18.0. The Kier molecular flexibility index (Phi) is 6.81. The molecule has 0 bridgehead atoms. The molecule has 0 saturated heterocycles. The monoisotopic (exact) mass is 437 g/mol. The van der Waals surface area contributed by atoms with E-state index in [2.05, 4.69) is 5.32 Å². The van der Waals surface area contributed by atoms with E-state index in [0.29, 0.717) is 26.2 Å². The smallest absolute Gasteiger partial charge is 0.341 e. The number of aryl methyl sites for hydroxylation is 1. The Balaban J connectivity index is 1.85. The second-order valence-corrected chi connectivity index (χ2v) is 8.75. The van der Waals surface area contributed by atoms with Crippen molar-refractivity contribution in [2.45, 2.75) is 45.6 Å². The molecule has 0 spiro atoms. The average molecular weight is 438 g/mol. The molecule has 148 valence electrons. The van der Waals surface area contributed by atoms with Crippen molar-refractivity contribution in [3.8, 4) is 0 Å². The maximum Gasteiger partial charge on any atom is 0.341 e. The fourth-order valence-electron chi connectivity index (χ4n) is 3.13. The highest BCUT2D eigenvalue weighted by Crippen LogP contribution is 2.38. The van der Waals surface area contributed by atoms with Crippen LogP contribution < -0.4 is 5.32 Å². The Morgan fingerprint density at radius 2 is 1.86 bits per heavy atom. The number of esters is 1. The number of rotatable bonds is 5. The van der Waals surface area contributed by atoms with Gasteiger partial charge in [-0.3, -0.25) is 4.79 Å². The summed E-state index contributed by atoms with van der Waals surface area (Å²) in [7, 11) is 0. The van der Waals surface area contributed by atoms with Gasteiger partial charge in [0, 0.05) is 26.6 Å². The standard InChI is InChI=1S/C21H21Cl2NO3S/c1-12(2)27-21(26)19-14-6-3-4-9-17(14)28-20(19)24-18(25)11-10-13-15(22)7-5-8-16(13)23/h5,7-8,10-12H,3-4,6,9H2,1-2H3,(H,24,25). The third-order valence-corrected chi connectivity index (χ3v) is 6.22. The highest BCUT2D eigenvalue weighted by atomic mass is 35.5. The van der Waals surface area contributed by atoms with Crippen LogP contribution in [0.3, 0.4) is 0 Å². The number of ether oxygens (including phenoxy) is 1. The molecular formula is C21H21Cl2NO3S. The predicted molar refractivity (Wildman–Crippen MR) is 116 cm³/mol. The summed E-state index contributed by atoms with van der Waals surface area (Å²) in [4.78, 5) is 26.3. The molecule has 0 radical (unpaired) electrons. The summed E-state index contributed by atoms with van der Waals surface area (Å²) in [6, 6.07) is 5.15. The minimum Gasteiger partial charge on any atom is -0.459 e. The molecule has 2 aromatic rings. The van der Waals surface area contributed by atoms with Gasteiger partial charge in [-0.15, -0.1) is 11.3 Å². The van der Waals surface area contributed by atoms with Crippen molar-refractivity contribution in [3.05, 3.63) is 55.9 Å². The SMILES string of the molecule is CC(C)OC(=O)c1c(NC(=O)C=Cc2c(Cl)cccc2Cl)sc2c1CCCC2. The highest BCUT2D eigenvalue weighted by molar-refractivity contribution is 7.17. The van der Waals surface area contributed by atoms with Gasteiger partial charge >= 0.3 is 5.97 Å².